The number of phenols is 2. The van der Waals surface area contributed by atoms with Crippen LogP contribution in [0.4, 0.5) is 0 Å². The molecule has 17 heavy (non-hydrogen) atoms. The summed E-state index contributed by atoms with van der Waals surface area (Å²) >= 11 is 0. The van der Waals surface area contributed by atoms with E-state index in [0.29, 0.717) is 0 Å². The van der Waals surface area contributed by atoms with E-state index in [4.69, 9.17) is 0 Å². The molecule has 1 rings (SSSR count). The number of esters is 1. The second kappa shape index (κ2) is 5.51. The van der Waals surface area contributed by atoms with Gasteiger partial charge in [0.05, 0.1) is 13.2 Å². The van der Waals surface area contributed by atoms with Crippen LogP contribution in [0.2, 0.25) is 0 Å². The first-order chi connectivity index (χ1) is 8.01. The molecule has 1 unspecified atom stereocenters. The van der Waals surface area contributed by atoms with Gasteiger partial charge in [0.2, 0.25) is 0 Å². The lowest BCUT2D eigenvalue weighted by Crippen LogP contribution is -2.17. The maximum absolute atomic E-state index is 11.3. The quantitative estimate of drug-likeness (QED) is 0.559. The highest BCUT2D eigenvalue weighted by molar-refractivity contribution is 5.92. The fourth-order valence-electron chi connectivity index (χ4n) is 1.44. The second-order valence-corrected chi connectivity index (χ2v) is 3.49. The number of ether oxygens (including phenoxy) is 1. The lowest BCUT2D eigenvalue weighted by Gasteiger charge is -2.14. The Morgan fingerprint density at radius 3 is 2.59 bits per heavy atom. The minimum atomic E-state index is -0.982. The van der Waals surface area contributed by atoms with E-state index in [1.165, 1.54) is 13.2 Å². The molecule has 0 radical (unpaired) electrons. The highest BCUT2D eigenvalue weighted by Crippen LogP contribution is 2.31. The van der Waals surface area contributed by atoms with Gasteiger partial charge in [-0.25, -0.2) is 4.79 Å². The van der Waals surface area contributed by atoms with E-state index in [1.807, 2.05) is 0 Å². The van der Waals surface area contributed by atoms with Gasteiger partial charge in [0, 0.05) is 18.2 Å². The summed E-state index contributed by atoms with van der Waals surface area (Å²) in [5.41, 5.74) is 0.0491. The van der Waals surface area contributed by atoms with E-state index in [0.717, 1.165) is 6.07 Å². The van der Waals surface area contributed by atoms with Crippen LogP contribution in [-0.2, 0) is 4.74 Å². The fourth-order valence-corrected chi connectivity index (χ4v) is 1.44. The van der Waals surface area contributed by atoms with Crippen molar-refractivity contribution in [2.24, 2.45) is 0 Å². The molecule has 94 valence electrons. The molecule has 0 heterocycles. The molecule has 0 spiro atoms. The highest BCUT2D eigenvalue weighted by Gasteiger charge is 2.19. The van der Waals surface area contributed by atoms with Gasteiger partial charge in [-0.3, -0.25) is 0 Å². The number of aliphatic hydroxyl groups is 1. The van der Waals surface area contributed by atoms with Gasteiger partial charge < -0.3 is 25.4 Å². The zero-order chi connectivity index (χ0) is 13.0. The Morgan fingerprint density at radius 2 is 2.06 bits per heavy atom. The normalized spacial score (nSPS) is 12.2. The van der Waals surface area contributed by atoms with E-state index < -0.39 is 17.8 Å². The lowest BCUT2D eigenvalue weighted by atomic mass is 10.0. The fraction of sp³-hybridized carbons (Fsp3) is 0.364. The Hall–Kier alpha value is -1.79. The van der Waals surface area contributed by atoms with Crippen molar-refractivity contribution in [2.75, 3.05) is 20.7 Å². The number of hydrogen-bond acceptors (Lipinski definition) is 6. The number of likely N-dealkylation sites (N-methyl/N-ethyl adjacent to an activating group) is 1. The van der Waals surface area contributed by atoms with Crippen LogP contribution in [0.1, 0.15) is 22.0 Å². The monoisotopic (exact) mass is 241 g/mol. The maximum Gasteiger partial charge on any atom is 0.341 e. The summed E-state index contributed by atoms with van der Waals surface area (Å²) < 4.78 is 4.47. The van der Waals surface area contributed by atoms with E-state index in [9.17, 15) is 20.1 Å². The summed E-state index contributed by atoms with van der Waals surface area (Å²) in [6, 6.07) is 2.21. The number of nitrogens with one attached hydrogen (secondary N) is 1. The molecular formula is C11H15NO5. The van der Waals surface area contributed by atoms with Gasteiger partial charge in [0.25, 0.3) is 0 Å². The molecule has 1 aromatic carbocycles. The number of phenolic OH excluding ortho intramolecular Hbond substituents is 2. The topological polar surface area (TPSA) is 99.0 Å². The predicted octanol–water partition coefficient (Wildman–Crippen LogP) is 0.137. The number of aromatic hydroxyl groups is 2. The van der Waals surface area contributed by atoms with Gasteiger partial charge >= 0.3 is 5.97 Å². The number of methoxy groups -OCH3 is 1. The van der Waals surface area contributed by atoms with Crippen LogP contribution >= 0.6 is 0 Å². The Balaban J connectivity index is 3.18. The van der Waals surface area contributed by atoms with Crippen molar-refractivity contribution < 1.29 is 24.9 Å². The third kappa shape index (κ3) is 2.86. The molecule has 1 atom stereocenters. The van der Waals surface area contributed by atoms with Crippen LogP contribution in [0.3, 0.4) is 0 Å². The molecular weight excluding hydrogens is 226 g/mol. The van der Waals surface area contributed by atoms with Crippen molar-refractivity contribution in [1.29, 1.82) is 0 Å². The van der Waals surface area contributed by atoms with Crippen LogP contribution in [-0.4, -0.2) is 42.0 Å². The third-order valence-electron chi connectivity index (χ3n) is 2.31. The molecule has 6 heteroatoms. The zero-order valence-corrected chi connectivity index (χ0v) is 9.60. The van der Waals surface area contributed by atoms with Gasteiger partial charge in [-0.2, -0.15) is 0 Å². The molecule has 0 aromatic heterocycles. The zero-order valence-electron chi connectivity index (χ0n) is 9.60. The minimum Gasteiger partial charge on any atom is -0.507 e. The highest BCUT2D eigenvalue weighted by atomic mass is 16.5. The molecule has 0 aliphatic rings. The first kappa shape index (κ1) is 13.3. The van der Waals surface area contributed by atoms with E-state index in [2.05, 4.69) is 10.1 Å². The van der Waals surface area contributed by atoms with Crippen LogP contribution in [0.25, 0.3) is 0 Å². The van der Waals surface area contributed by atoms with Gasteiger partial charge in [0.1, 0.15) is 17.1 Å². The van der Waals surface area contributed by atoms with Crippen LogP contribution in [0.5, 0.6) is 11.5 Å². The van der Waals surface area contributed by atoms with Crippen molar-refractivity contribution in [3.05, 3.63) is 23.3 Å². The van der Waals surface area contributed by atoms with E-state index in [1.54, 1.807) is 7.05 Å². The molecule has 1 aromatic rings. The molecule has 0 fully saturated rings. The molecule has 0 bridgehead atoms. The average molecular weight is 241 g/mol. The van der Waals surface area contributed by atoms with Gasteiger partial charge in [-0.05, 0) is 13.1 Å². The SMILES string of the molecule is CNCC(O)c1cc(C(=O)OC)c(O)cc1O. The summed E-state index contributed by atoms with van der Waals surface area (Å²) in [6.45, 7) is 0.207. The van der Waals surface area contributed by atoms with Gasteiger partial charge in [-0.1, -0.05) is 0 Å². The first-order valence-corrected chi connectivity index (χ1v) is 4.98. The summed E-state index contributed by atoms with van der Waals surface area (Å²) in [6.07, 6.45) is -0.982. The largest absolute Gasteiger partial charge is 0.507 e. The number of benzene rings is 1. The average Bonchev–Trinajstić information content (AvgIpc) is 2.28. The summed E-state index contributed by atoms with van der Waals surface area (Å²) in [5, 5.41) is 31.5. The summed E-state index contributed by atoms with van der Waals surface area (Å²) in [5.74, 6) is -1.41. The van der Waals surface area contributed by atoms with Gasteiger partial charge in [0.15, 0.2) is 0 Å². The Labute approximate surface area is 98.5 Å². The summed E-state index contributed by atoms with van der Waals surface area (Å²) in [7, 11) is 2.82. The molecule has 0 amide bonds. The third-order valence-corrected chi connectivity index (χ3v) is 2.31. The number of aliphatic hydroxyl groups excluding tert-OH is 1. The van der Waals surface area contributed by atoms with Gasteiger partial charge in [-0.15, -0.1) is 0 Å². The Kier molecular flexibility index (Phi) is 4.30. The van der Waals surface area contributed by atoms with Crippen molar-refractivity contribution in [3.8, 4) is 11.5 Å². The van der Waals surface area contributed by atoms with Crippen molar-refractivity contribution in [1.82, 2.24) is 5.32 Å². The molecule has 0 saturated heterocycles. The minimum absolute atomic E-state index is 0.101. The number of hydrogen-bond donors (Lipinski definition) is 4. The molecule has 0 aliphatic heterocycles. The number of carbonyl (C=O) groups is 1. The summed E-state index contributed by atoms with van der Waals surface area (Å²) in [4.78, 5) is 11.3. The molecule has 0 saturated carbocycles. The van der Waals surface area contributed by atoms with Crippen LogP contribution in [0, 0.1) is 0 Å². The Morgan fingerprint density at radius 1 is 1.41 bits per heavy atom. The van der Waals surface area contributed by atoms with Crippen LogP contribution < -0.4 is 5.32 Å². The van der Waals surface area contributed by atoms with E-state index >= 15 is 0 Å². The number of carbonyl (C=O) groups excluding carboxylic acids is 1. The number of rotatable bonds is 4. The standard InChI is InChI=1S/C11H15NO5/c1-12-5-10(15)6-3-7(11(16)17-2)9(14)4-8(6)13/h3-4,10,12-15H,5H2,1-2H3. The second-order valence-electron chi connectivity index (χ2n) is 3.49. The smallest absolute Gasteiger partial charge is 0.341 e. The first-order valence-electron chi connectivity index (χ1n) is 4.98. The van der Waals surface area contributed by atoms with Crippen LogP contribution in [0.15, 0.2) is 12.1 Å². The van der Waals surface area contributed by atoms with Crippen molar-refractivity contribution in [3.63, 3.8) is 0 Å². The van der Waals surface area contributed by atoms with Crippen molar-refractivity contribution in [2.45, 2.75) is 6.10 Å². The Bertz CT molecular complexity index is 419. The van der Waals surface area contributed by atoms with E-state index in [-0.39, 0.29) is 23.4 Å². The molecule has 6 nitrogen and oxygen atoms in total. The maximum atomic E-state index is 11.3. The van der Waals surface area contributed by atoms with Crippen molar-refractivity contribution >= 4 is 5.97 Å². The lowest BCUT2D eigenvalue weighted by molar-refractivity contribution is 0.0597. The molecule has 4 N–H and O–H groups in total. The molecule has 0 aliphatic carbocycles. The predicted molar refractivity (Wildman–Crippen MR) is 60.0 cm³/mol.